The van der Waals surface area contributed by atoms with E-state index in [0.717, 1.165) is 12.0 Å². The van der Waals surface area contributed by atoms with E-state index in [0.29, 0.717) is 11.6 Å². The molecule has 1 aromatic carbocycles. The first-order valence-electron chi connectivity index (χ1n) is 9.01. The van der Waals surface area contributed by atoms with Crippen LogP contribution in [0.2, 0.25) is 5.02 Å². The van der Waals surface area contributed by atoms with Gasteiger partial charge in [0, 0.05) is 17.5 Å². The highest BCUT2D eigenvalue weighted by Crippen LogP contribution is 2.45. The lowest BCUT2D eigenvalue weighted by Crippen LogP contribution is -2.44. The Morgan fingerprint density at radius 1 is 1.27 bits per heavy atom. The summed E-state index contributed by atoms with van der Waals surface area (Å²) in [7, 11) is 0. The number of halogens is 1. The zero-order valence-electron chi connectivity index (χ0n) is 16.5. The number of esters is 1. The summed E-state index contributed by atoms with van der Waals surface area (Å²) >= 11 is 6.03. The molecule has 26 heavy (non-hydrogen) atoms. The number of nitriles is 1. The molecule has 1 saturated heterocycles. The molecule has 1 aliphatic rings. The van der Waals surface area contributed by atoms with Gasteiger partial charge < -0.3 is 10.1 Å². The second-order valence-corrected chi connectivity index (χ2v) is 9.79. The molecule has 0 spiro atoms. The molecule has 3 atom stereocenters. The lowest BCUT2D eigenvalue weighted by molar-refractivity contribution is -0.158. The molecule has 1 aromatic rings. The molecular weight excluding hydrogens is 348 g/mol. The Balaban J connectivity index is 2.46. The maximum atomic E-state index is 12.8. The molecule has 0 aliphatic carbocycles. The number of carbonyl (C=O) groups excluding carboxylic acids is 1. The van der Waals surface area contributed by atoms with Gasteiger partial charge in [-0.3, -0.25) is 4.79 Å². The summed E-state index contributed by atoms with van der Waals surface area (Å²) in [6.45, 7) is 12.4. The van der Waals surface area contributed by atoms with Crippen LogP contribution in [0.4, 0.5) is 0 Å². The Bertz CT molecular complexity index is 695. The molecule has 1 heterocycles. The summed E-state index contributed by atoms with van der Waals surface area (Å²) in [5.74, 6) is -0.485. The van der Waals surface area contributed by atoms with Crippen molar-refractivity contribution in [2.24, 2.45) is 11.3 Å². The average molecular weight is 377 g/mol. The van der Waals surface area contributed by atoms with Gasteiger partial charge in [0.15, 0.2) is 0 Å². The second-order valence-electron chi connectivity index (χ2n) is 9.35. The van der Waals surface area contributed by atoms with Crippen LogP contribution in [0.25, 0.3) is 0 Å². The van der Waals surface area contributed by atoms with Gasteiger partial charge in [0.1, 0.15) is 11.6 Å². The van der Waals surface area contributed by atoms with Crippen LogP contribution >= 0.6 is 11.6 Å². The quantitative estimate of drug-likeness (QED) is 0.790. The minimum absolute atomic E-state index is 0.0362. The lowest BCUT2D eigenvalue weighted by Gasteiger charge is -2.35. The first-order chi connectivity index (χ1) is 11.9. The Morgan fingerprint density at radius 2 is 1.85 bits per heavy atom. The molecule has 0 saturated carbocycles. The highest BCUT2D eigenvalue weighted by Gasteiger charge is 2.54. The van der Waals surface area contributed by atoms with Crippen LogP contribution < -0.4 is 5.32 Å². The van der Waals surface area contributed by atoms with Crippen LogP contribution in [-0.2, 0) is 14.9 Å². The Kier molecular flexibility index (Phi) is 5.75. The SMILES string of the molecule is CC(C)(C)CC1C(C(=O)OC(C)(C)C)NCC1(C#N)c1ccc(Cl)cc1. The van der Waals surface area contributed by atoms with Gasteiger partial charge in [-0.05, 0) is 50.3 Å². The molecule has 5 heteroatoms. The number of nitrogens with one attached hydrogen (secondary N) is 1. The molecule has 1 N–H and O–H groups in total. The molecule has 0 radical (unpaired) electrons. The highest BCUT2D eigenvalue weighted by molar-refractivity contribution is 6.30. The van der Waals surface area contributed by atoms with Crippen molar-refractivity contribution in [2.45, 2.75) is 65.0 Å². The number of hydrogen-bond acceptors (Lipinski definition) is 4. The topological polar surface area (TPSA) is 62.1 Å². The minimum atomic E-state index is -0.792. The molecule has 0 bridgehead atoms. The van der Waals surface area contributed by atoms with E-state index in [4.69, 9.17) is 16.3 Å². The van der Waals surface area contributed by atoms with Crippen molar-refractivity contribution < 1.29 is 9.53 Å². The van der Waals surface area contributed by atoms with Gasteiger partial charge in [0.2, 0.25) is 0 Å². The third-order valence-electron chi connectivity index (χ3n) is 4.69. The number of carbonyl (C=O) groups is 1. The molecular formula is C21H29ClN2O2. The molecule has 1 aliphatic heterocycles. The minimum Gasteiger partial charge on any atom is -0.459 e. The van der Waals surface area contributed by atoms with Gasteiger partial charge in [-0.15, -0.1) is 0 Å². The van der Waals surface area contributed by atoms with Gasteiger partial charge in [0.05, 0.1) is 11.5 Å². The monoisotopic (exact) mass is 376 g/mol. The zero-order valence-corrected chi connectivity index (χ0v) is 17.3. The summed E-state index contributed by atoms with van der Waals surface area (Å²) in [6, 6.07) is 9.38. The normalized spacial score (nSPS) is 26.4. The third-order valence-corrected chi connectivity index (χ3v) is 4.94. The standard InChI is InChI=1S/C21H29ClN2O2/c1-19(2,3)11-16-17(18(25)26-20(4,5)6)24-13-21(16,12-23)14-7-9-15(22)10-8-14/h7-10,16-17,24H,11,13H2,1-6H3. The number of nitrogens with zero attached hydrogens (tertiary/aromatic N) is 1. The Morgan fingerprint density at radius 3 is 2.31 bits per heavy atom. The zero-order chi connectivity index (χ0) is 19.8. The highest BCUT2D eigenvalue weighted by atomic mass is 35.5. The average Bonchev–Trinajstić information content (AvgIpc) is 2.84. The van der Waals surface area contributed by atoms with Crippen LogP contribution in [0, 0.1) is 22.7 Å². The Hall–Kier alpha value is -1.57. The number of benzene rings is 1. The van der Waals surface area contributed by atoms with Gasteiger partial charge in [0.25, 0.3) is 0 Å². The molecule has 3 unspecified atom stereocenters. The van der Waals surface area contributed by atoms with E-state index in [9.17, 15) is 10.1 Å². The van der Waals surface area contributed by atoms with E-state index in [-0.39, 0.29) is 17.3 Å². The van der Waals surface area contributed by atoms with E-state index in [1.807, 2.05) is 32.9 Å². The van der Waals surface area contributed by atoms with Crippen LogP contribution in [0.15, 0.2) is 24.3 Å². The third kappa shape index (κ3) is 4.58. The van der Waals surface area contributed by atoms with Crippen molar-refractivity contribution in [1.29, 1.82) is 5.26 Å². The Labute approximate surface area is 161 Å². The largest absolute Gasteiger partial charge is 0.459 e. The molecule has 1 fully saturated rings. The predicted octanol–water partition coefficient (Wildman–Crippen LogP) is 4.47. The fourth-order valence-electron chi connectivity index (χ4n) is 3.64. The van der Waals surface area contributed by atoms with Crippen molar-refractivity contribution in [3.05, 3.63) is 34.9 Å². The predicted molar refractivity (Wildman–Crippen MR) is 104 cm³/mol. The van der Waals surface area contributed by atoms with E-state index in [2.05, 4.69) is 32.2 Å². The fraction of sp³-hybridized carbons (Fsp3) is 0.619. The first-order valence-corrected chi connectivity index (χ1v) is 9.39. The molecule has 4 nitrogen and oxygen atoms in total. The number of hydrogen-bond donors (Lipinski definition) is 1. The van der Waals surface area contributed by atoms with Crippen molar-refractivity contribution >= 4 is 17.6 Å². The van der Waals surface area contributed by atoms with Crippen molar-refractivity contribution in [2.75, 3.05) is 6.54 Å². The smallest absolute Gasteiger partial charge is 0.324 e. The van der Waals surface area contributed by atoms with Crippen molar-refractivity contribution in [1.82, 2.24) is 5.32 Å². The van der Waals surface area contributed by atoms with Gasteiger partial charge in [-0.1, -0.05) is 44.5 Å². The summed E-state index contributed by atoms with van der Waals surface area (Å²) in [6.07, 6.45) is 0.722. The first kappa shape index (κ1) is 20.7. The maximum Gasteiger partial charge on any atom is 0.324 e. The maximum absolute atomic E-state index is 12.8. The van der Waals surface area contributed by atoms with Gasteiger partial charge in [-0.2, -0.15) is 5.26 Å². The van der Waals surface area contributed by atoms with Crippen molar-refractivity contribution in [3.63, 3.8) is 0 Å². The summed E-state index contributed by atoms with van der Waals surface area (Å²) in [5, 5.41) is 14.1. The van der Waals surface area contributed by atoms with Crippen molar-refractivity contribution in [3.8, 4) is 6.07 Å². The molecule has 142 valence electrons. The van der Waals surface area contributed by atoms with Crippen LogP contribution in [0.5, 0.6) is 0 Å². The van der Waals surface area contributed by atoms with Gasteiger partial charge in [-0.25, -0.2) is 0 Å². The van der Waals surface area contributed by atoms with Crippen LogP contribution in [0.1, 0.15) is 53.5 Å². The van der Waals surface area contributed by atoms with E-state index in [1.165, 1.54) is 0 Å². The van der Waals surface area contributed by atoms with E-state index in [1.54, 1.807) is 12.1 Å². The molecule has 0 amide bonds. The van der Waals surface area contributed by atoms with E-state index >= 15 is 0 Å². The second kappa shape index (κ2) is 7.21. The van der Waals surface area contributed by atoms with Crippen LogP contribution in [0.3, 0.4) is 0 Å². The van der Waals surface area contributed by atoms with Gasteiger partial charge >= 0.3 is 5.97 Å². The number of rotatable bonds is 3. The van der Waals surface area contributed by atoms with E-state index < -0.39 is 17.1 Å². The fourth-order valence-corrected chi connectivity index (χ4v) is 3.77. The summed E-state index contributed by atoms with van der Waals surface area (Å²) in [5.41, 5.74) is -0.508. The molecule has 2 rings (SSSR count). The summed E-state index contributed by atoms with van der Waals surface area (Å²) in [4.78, 5) is 12.8. The molecule has 0 aromatic heterocycles. The number of ether oxygens (including phenoxy) is 1. The lowest BCUT2D eigenvalue weighted by atomic mass is 9.66. The van der Waals surface area contributed by atoms with Crippen LogP contribution in [-0.4, -0.2) is 24.2 Å². The summed E-state index contributed by atoms with van der Waals surface area (Å²) < 4.78 is 5.63.